The van der Waals surface area contributed by atoms with Crippen molar-refractivity contribution in [1.82, 2.24) is 4.98 Å². The van der Waals surface area contributed by atoms with Gasteiger partial charge in [0.1, 0.15) is 5.15 Å². The summed E-state index contributed by atoms with van der Waals surface area (Å²) in [6.45, 7) is 0. The lowest BCUT2D eigenvalue weighted by Crippen LogP contribution is -2.00. The highest BCUT2D eigenvalue weighted by Gasteiger charge is 2.16. The zero-order valence-corrected chi connectivity index (χ0v) is 11.8. The first kappa shape index (κ1) is 13.0. The summed E-state index contributed by atoms with van der Waals surface area (Å²) in [6.07, 6.45) is 0. The molecule has 7 heteroatoms. The Balaban J connectivity index is 2.42. The highest BCUT2D eigenvalue weighted by atomic mass is 127. The number of para-hydroxylation sites is 1. The molecule has 1 aromatic carbocycles. The van der Waals surface area contributed by atoms with Crippen LogP contribution in [0.3, 0.4) is 0 Å². The van der Waals surface area contributed by atoms with E-state index in [0.717, 1.165) is 9.26 Å². The van der Waals surface area contributed by atoms with Crippen molar-refractivity contribution in [2.24, 2.45) is 0 Å². The van der Waals surface area contributed by atoms with E-state index in [1.165, 1.54) is 12.1 Å². The summed E-state index contributed by atoms with van der Waals surface area (Å²) in [6, 6.07) is 10.1. The fraction of sp³-hybridized carbons (Fsp3) is 0. The van der Waals surface area contributed by atoms with Crippen LogP contribution in [0.25, 0.3) is 0 Å². The van der Waals surface area contributed by atoms with Gasteiger partial charge in [0.25, 0.3) is 0 Å². The van der Waals surface area contributed by atoms with Gasteiger partial charge >= 0.3 is 5.69 Å². The number of benzene rings is 1. The Hall–Kier alpha value is -1.41. The van der Waals surface area contributed by atoms with Gasteiger partial charge in [0.2, 0.25) is 5.82 Å². The van der Waals surface area contributed by atoms with Crippen LogP contribution in [0.1, 0.15) is 0 Å². The fourth-order valence-corrected chi connectivity index (χ4v) is 2.03. The Morgan fingerprint density at radius 1 is 1.28 bits per heavy atom. The molecule has 0 radical (unpaired) electrons. The van der Waals surface area contributed by atoms with Gasteiger partial charge in [-0.2, -0.15) is 0 Å². The largest absolute Gasteiger partial charge is 0.334 e. The van der Waals surface area contributed by atoms with Gasteiger partial charge in [-0.05, 0) is 40.8 Å². The van der Waals surface area contributed by atoms with Crippen LogP contribution < -0.4 is 5.32 Å². The molecule has 0 spiro atoms. The maximum atomic E-state index is 10.9. The van der Waals surface area contributed by atoms with Crippen LogP contribution in [-0.2, 0) is 0 Å². The predicted octanol–water partition coefficient (Wildman–Crippen LogP) is 3.99. The molecule has 5 nitrogen and oxygen atoms in total. The molecule has 0 atom stereocenters. The smallest absolute Gasteiger partial charge is 0.311 e. The molecular formula is C11H7ClIN3O2. The Morgan fingerprint density at radius 2 is 2.00 bits per heavy atom. The molecule has 0 unspecified atom stereocenters. The van der Waals surface area contributed by atoms with E-state index in [9.17, 15) is 10.1 Å². The van der Waals surface area contributed by atoms with E-state index >= 15 is 0 Å². The second-order valence-corrected chi connectivity index (χ2v) is 4.91. The maximum Gasteiger partial charge on any atom is 0.311 e. The van der Waals surface area contributed by atoms with Crippen LogP contribution in [0.2, 0.25) is 5.15 Å². The molecule has 2 rings (SSSR count). The first-order valence-corrected chi connectivity index (χ1v) is 6.36. The van der Waals surface area contributed by atoms with E-state index in [-0.39, 0.29) is 16.7 Å². The van der Waals surface area contributed by atoms with Crippen LogP contribution in [0, 0.1) is 13.7 Å². The fourth-order valence-electron chi connectivity index (χ4n) is 1.36. The molecule has 1 aromatic heterocycles. The van der Waals surface area contributed by atoms with E-state index in [1.807, 2.05) is 24.3 Å². The normalized spacial score (nSPS) is 10.1. The first-order chi connectivity index (χ1) is 8.58. The molecule has 18 heavy (non-hydrogen) atoms. The van der Waals surface area contributed by atoms with Gasteiger partial charge in [0.05, 0.1) is 10.6 Å². The van der Waals surface area contributed by atoms with E-state index in [0.29, 0.717) is 0 Å². The van der Waals surface area contributed by atoms with Crippen LogP contribution in [0.15, 0.2) is 36.4 Å². The molecule has 1 N–H and O–H groups in total. The third-order valence-corrected chi connectivity index (χ3v) is 3.31. The van der Waals surface area contributed by atoms with Crippen LogP contribution in [-0.4, -0.2) is 9.91 Å². The van der Waals surface area contributed by atoms with Gasteiger partial charge in [-0.1, -0.05) is 23.7 Å². The molecular weight excluding hydrogens is 368 g/mol. The average Bonchev–Trinajstić information content (AvgIpc) is 2.32. The van der Waals surface area contributed by atoms with Crippen molar-refractivity contribution in [2.45, 2.75) is 0 Å². The van der Waals surface area contributed by atoms with Crippen molar-refractivity contribution in [3.05, 3.63) is 55.2 Å². The molecule has 0 fully saturated rings. The third-order valence-electron chi connectivity index (χ3n) is 2.16. The van der Waals surface area contributed by atoms with E-state index < -0.39 is 4.92 Å². The summed E-state index contributed by atoms with van der Waals surface area (Å²) in [5.74, 6) is 0.136. The Bertz CT molecular complexity index is 607. The molecule has 92 valence electrons. The first-order valence-electron chi connectivity index (χ1n) is 4.90. The lowest BCUT2D eigenvalue weighted by molar-refractivity contribution is -0.384. The number of nitrogens with one attached hydrogen (secondary N) is 1. The van der Waals surface area contributed by atoms with Crippen molar-refractivity contribution in [1.29, 1.82) is 0 Å². The number of anilines is 2. The zero-order valence-electron chi connectivity index (χ0n) is 8.93. The van der Waals surface area contributed by atoms with Gasteiger partial charge in [0, 0.05) is 9.64 Å². The maximum absolute atomic E-state index is 10.9. The summed E-state index contributed by atoms with van der Waals surface area (Å²) in [4.78, 5) is 14.3. The van der Waals surface area contributed by atoms with Crippen LogP contribution >= 0.6 is 34.2 Å². The number of hydrogen-bond donors (Lipinski definition) is 1. The Morgan fingerprint density at radius 3 is 2.67 bits per heavy atom. The van der Waals surface area contributed by atoms with E-state index in [2.05, 4.69) is 32.9 Å². The van der Waals surface area contributed by atoms with Gasteiger partial charge in [0.15, 0.2) is 0 Å². The van der Waals surface area contributed by atoms with Gasteiger partial charge < -0.3 is 5.32 Å². The minimum atomic E-state index is -0.499. The third kappa shape index (κ3) is 2.88. The lowest BCUT2D eigenvalue weighted by atomic mass is 10.3. The van der Waals surface area contributed by atoms with E-state index in [1.54, 1.807) is 0 Å². The number of pyridine rings is 1. The monoisotopic (exact) mass is 375 g/mol. The molecule has 0 aliphatic rings. The SMILES string of the molecule is O=[N+]([O-])c1ccc(Cl)nc1Nc1ccccc1I. The minimum absolute atomic E-state index is 0.112. The Kier molecular flexibility index (Phi) is 3.97. The quantitative estimate of drug-likeness (QED) is 0.381. The number of halogens is 2. The van der Waals surface area contributed by atoms with Crippen molar-refractivity contribution >= 4 is 51.4 Å². The topological polar surface area (TPSA) is 68.1 Å². The van der Waals surface area contributed by atoms with Crippen molar-refractivity contribution in [3.63, 3.8) is 0 Å². The zero-order chi connectivity index (χ0) is 13.1. The van der Waals surface area contributed by atoms with E-state index in [4.69, 9.17) is 11.6 Å². The standard InChI is InChI=1S/C11H7ClIN3O2/c12-10-6-5-9(16(17)18)11(15-10)14-8-4-2-1-3-7(8)13/h1-6H,(H,14,15). The molecule has 0 saturated heterocycles. The highest BCUT2D eigenvalue weighted by Crippen LogP contribution is 2.28. The molecule has 2 aromatic rings. The molecule has 0 amide bonds. The van der Waals surface area contributed by atoms with Gasteiger partial charge in [-0.25, -0.2) is 4.98 Å². The molecule has 0 bridgehead atoms. The van der Waals surface area contributed by atoms with Crippen LogP contribution in [0.4, 0.5) is 17.2 Å². The van der Waals surface area contributed by atoms with Crippen molar-refractivity contribution in [3.8, 4) is 0 Å². The number of hydrogen-bond acceptors (Lipinski definition) is 4. The van der Waals surface area contributed by atoms with Gasteiger partial charge in [-0.3, -0.25) is 10.1 Å². The minimum Gasteiger partial charge on any atom is -0.334 e. The average molecular weight is 376 g/mol. The van der Waals surface area contributed by atoms with Gasteiger partial charge in [-0.15, -0.1) is 0 Å². The summed E-state index contributed by atoms with van der Waals surface area (Å²) in [5, 5.41) is 14.0. The Labute approximate surface area is 121 Å². The van der Waals surface area contributed by atoms with Crippen LogP contribution in [0.5, 0.6) is 0 Å². The molecule has 0 aliphatic heterocycles. The molecule has 0 saturated carbocycles. The predicted molar refractivity (Wildman–Crippen MR) is 78.3 cm³/mol. The summed E-state index contributed by atoms with van der Waals surface area (Å²) in [7, 11) is 0. The number of nitro groups is 1. The van der Waals surface area contributed by atoms with Crippen molar-refractivity contribution < 1.29 is 4.92 Å². The summed E-state index contributed by atoms with van der Waals surface area (Å²) < 4.78 is 0.936. The molecule has 1 heterocycles. The number of rotatable bonds is 3. The highest BCUT2D eigenvalue weighted by molar-refractivity contribution is 14.1. The number of aromatic nitrogens is 1. The second-order valence-electron chi connectivity index (χ2n) is 3.36. The molecule has 0 aliphatic carbocycles. The van der Waals surface area contributed by atoms with Crippen molar-refractivity contribution in [2.75, 3.05) is 5.32 Å². The number of nitrogens with zero attached hydrogens (tertiary/aromatic N) is 2. The summed E-state index contributed by atoms with van der Waals surface area (Å²) in [5.41, 5.74) is 0.634. The summed E-state index contributed by atoms with van der Waals surface area (Å²) >= 11 is 7.88. The lowest BCUT2D eigenvalue weighted by Gasteiger charge is -2.08. The second kappa shape index (κ2) is 5.49.